The molecule has 1 N–H and O–H groups in total. The smallest absolute Gasteiger partial charge is 0.352 e. The standard InChI is InChI=1S/C22H24F3N3O3S/c23-22(24,25)17-7-4-8-19(15-17)32(30,31)28-13-11-27(12-14-28)20(16-5-2-1-3-6-16)21(29)26-18-9-10-18/h1-8,15,18,20H,9-14H2,(H,26,29). The maximum atomic E-state index is 13.0. The Bertz CT molecular complexity index is 1060. The van der Waals surface area contributed by atoms with Crippen molar-refractivity contribution >= 4 is 15.9 Å². The minimum absolute atomic E-state index is 0.0820. The molecule has 0 spiro atoms. The van der Waals surface area contributed by atoms with Crippen molar-refractivity contribution in [3.05, 3.63) is 65.7 Å². The highest BCUT2D eigenvalue weighted by atomic mass is 32.2. The number of hydrogen-bond donors (Lipinski definition) is 1. The molecule has 4 rings (SSSR count). The molecule has 1 atom stereocenters. The van der Waals surface area contributed by atoms with Gasteiger partial charge in [0.25, 0.3) is 0 Å². The molecule has 32 heavy (non-hydrogen) atoms. The summed E-state index contributed by atoms with van der Waals surface area (Å²) < 4.78 is 66.2. The molecule has 1 unspecified atom stereocenters. The van der Waals surface area contributed by atoms with Crippen LogP contribution < -0.4 is 5.32 Å². The summed E-state index contributed by atoms with van der Waals surface area (Å²) in [7, 11) is -4.08. The third-order valence-corrected chi connectivity index (χ3v) is 7.62. The van der Waals surface area contributed by atoms with E-state index < -0.39 is 27.8 Å². The number of halogens is 3. The first-order valence-electron chi connectivity index (χ1n) is 10.4. The molecule has 0 bridgehead atoms. The Morgan fingerprint density at radius 1 is 0.969 bits per heavy atom. The van der Waals surface area contributed by atoms with E-state index in [2.05, 4.69) is 5.32 Å². The molecule has 0 radical (unpaired) electrons. The minimum Gasteiger partial charge on any atom is -0.352 e. The second-order valence-corrected chi connectivity index (χ2v) is 10.00. The third kappa shape index (κ3) is 4.97. The zero-order valence-corrected chi connectivity index (χ0v) is 18.1. The van der Waals surface area contributed by atoms with E-state index in [1.807, 2.05) is 35.2 Å². The summed E-state index contributed by atoms with van der Waals surface area (Å²) in [6.07, 6.45) is -2.71. The summed E-state index contributed by atoms with van der Waals surface area (Å²) in [5.74, 6) is -0.118. The van der Waals surface area contributed by atoms with Crippen molar-refractivity contribution in [2.24, 2.45) is 0 Å². The first kappa shape index (κ1) is 22.8. The van der Waals surface area contributed by atoms with Crippen LogP contribution in [0.3, 0.4) is 0 Å². The second kappa shape index (κ2) is 8.84. The van der Waals surface area contributed by atoms with Gasteiger partial charge in [-0.3, -0.25) is 9.69 Å². The van der Waals surface area contributed by atoms with Crippen LogP contribution in [-0.2, 0) is 21.0 Å². The van der Waals surface area contributed by atoms with Crippen LogP contribution in [0, 0.1) is 0 Å². The van der Waals surface area contributed by atoms with Gasteiger partial charge in [0.2, 0.25) is 15.9 Å². The van der Waals surface area contributed by atoms with Crippen LogP contribution in [0.4, 0.5) is 13.2 Å². The van der Waals surface area contributed by atoms with Gasteiger partial charge in [0.05, 0.1) is 10.5 Å². The lowest BCUT2D eigenvalue weighted by molar-refractivity contribution is -0.137. The number of sulfonamides is 1. The molecule has 1 aliphatic heterocycles. The molecule has 2 fully saturated rings. The maximum Gasteiger partial charge on any atom is 0.416 e. The number of piperazine rings is 1. The number of rotatable bonds is 6. The molecular weight excluding hydrogens is 443 g/mol. The first-order valence-corrected chi connectivity index (χ1v) is 11.9. The van der Waals surface area contributed by atoms with Gasteiger partial charge < -0.3 is 5.32 Å². The fraction of sp³-hybridized carbons (Fsp3) is 0.409. The summed E-state index contributed by atoms with van der Waals surface area (Å²) in [6.45, 7) is 0.739. The van der Waals surface area contributed by atoms with Gasteiger partial charge in [-0.1, -0.05) is 36.4 Å². The molecule has 2 aliphatic rings. The molecule has 172 valence electrons. The average Bonchev–Trinajstić information content (AvgIpc) is 3.58. The lowest BCUT2D eigenvalue weighted by atomic mass is 10.0. The topological polar surface area (TPSA) is 69.7 Å². The number of alkyl halides is 3. The molecule has 1 heterocycles. The number of hydrogen-bond acceptors (Lipinski definition) is 4. The number of nitrogens with zero attached hydrogens (tertiary/aromatic N) is 2. The van der Waals surface area contributed by atoms with E-state index >= 15 is 0 Å². The van der Waals surface area contributed by atoms with Crippen molar-refractivity contribution in [1.29, 1.82) is 0 Å². The van der Waals surface area contributed by atoms with Crippen LogP contribution in [-0.4, -0.2) is 55.8 Å². The lowest BCUT2D eigenvalue weighted by Crippen LogP contribution is -2.52. The van der Waals surface area contributed by atoms with Crippen molar-refractivity contribution in [1.82, 2.24) is 14.5 Å². The minimum atomic E-state index is -4.62. The van der Waals surface area contributed by atoms with Gasteiger partial charge in [0.1, 0.15) is 6.04 Å². The Morgan fingerprint density at radius 3 is 2.22 bits per heavy atom. The number of carbonyl (C=O) groups excluding carboxylic acids is 1. The third-order valence-electron chi connectivity index (χ3n) is 5.72. The van der Waals surface area contributed by atoms with Gasteiger partial charge in [-0.05, 0) is 36.6 Å². The van der Waals surface area contributed by atoms with E-state index in [0.717, 1.165) is 30.5 Å². The van der Waals surface area contributed by atoms with Crippen molar-refractivity contribution < 1.29 is 26.4 Å². The van der Waals surface area contributed by atoms with Crippen LogP contribution in [0.25, 0.3) is 0 Å². The largest absolute Gasteiger partial charge is 0.416 e. The van der Waals surface area contributed by atoms with Crippen molar-refractivity contribution in [2.45, 2.75) is 36.0 Å². The number of benzene rings is 2. The normalized spacial score (nSPS) is 19.5. The van der Waals surface area contributed by atoms with Crippen LogP contribution in [0.1, 0.15) is 30.0 Å². The van der Waals surface area contributed by atoms with Crippen LogP contribution >= 0.6 is 0 Å². The van der Waals surface area contributed by atoms with Crippen molar-refractivity contribution in [3.63, 3.8) is 0 Å². The van der Waals surface area contributed by atoms with E-state index in [4.69, 9.17) is 0 Å². The van der Waals surface area contributed by atoms with Gasteiger partial charge in [0, 0.05) is 32.2 Å². The molecule has 1 amide bonds. The predicted molar refractivity (Wildman–Crippen MR) is 112 cm³/mol. The maximum absolute atomic E-state index is 13.0. The molecule has 10 heteroatoms. The molecule has 0 aromatic heterocycles. The van der Waals surface area contributed by atoms with E-state index in [0.29, 0.717) is 6.07 Å². The van der Waals surface area contributed by atoms with Crippen LogP contribution in [0.5, 0.6) is 0 Å². The highest BCUT2D eigenvalue weighted by Gasteiger charge is 2.37. The summed E-state index contributed by atoms with van der Waals surface area (Å²) >= 11 is 0. The average molecular weight is 468 g/mol. The van der Waals surface area contributed by atoms with Crippen molar-refractivity contribution in [3.8, 4) is 0 Å². The molecule has 1 saturated heterocycles. The van der Waals surface area contributed by atoms with Crippen LogP contribution in [0.2, 0.25) is 0 Å². The predicted octanol–water partition coefficient (Wildman–Crippen LogP) is 3.03. The molecule has 6 nitrogen and oxygen atoms in total. The number of nitrogens with one attached hydrogen (secondary N) is 1. The Hall–Kier alpha value is -2.43. The summed E-state index contributed by atoms with van der Waals surface area (Å²) in [6, 6.07) is 12.7. The van der Waals surface area contributed by atoms with Gasteiger partial charge in [-0.2, -0.15) is 17.5 Å². The SMILES string of the molecule is O=C(NC1CC1)C(c1ccccc1)N1CCN(S(=O)(=O)c2cccc(C(F)(F)F)c2)CC1. The Labute approximate surface area is 185 Å². The van der Waals surface area contributed by atoms with E-state index in [9.17, 15) is 26.4 Å². The summed E-state index contributed by atoms with van der Waals surface area (Å²) in [5.41, 5.74) is -0.182. The molecule has 1 saturated carbocycles. The number of amides is 1. The fourth-order valence-electron chi connectivity index (χ4n) is 3.86. The zero-order valence-electron chi connectivity index (χ0n) is 17.3. The molecular formula is C22H24F3N3O3S. The monoisotopic (exact) mass is 467 g/mol. The Morgan fingerprint density at radius 2 is 1.62 bits per heavy atom. The lowest BCUT2D eigenvalue weighted by Gasteiger charge is -2.38. The van der Waals surface area contributed by atoms with Gasteiger partial charge in [-0.25, -0.2) is 8.42 Å². The Balaban J connectivity index is 1.50. The highest BCUT2D eigenvalue weighted by Crippen LogP contribution is 2.32. The van der Waals surface area contributed by atoms with E-state index in [1.54, 1.807) is 0 Å². The number of carbonyl (C=O) groups is 1. The van der Waals surface area contributed by atoms with Gasteiger partial charge in [0.15, 0.2) is 0 Å². The highest BCUT2D eigenvalue weighted by molar-refractivity contribution is 7.89. The van der Waals surface area contributed by atoms with Crippen molar-refractivity contribution in [2.75, 3.05) is 26.2 Å². The first-order chi connectivity index (χ1) is 15.2. The molecule has 2 aromatic carbocycles. The van der Waals surface area contributed by atoms with Gasteiger partial charge in [-0.15, -0.1) is 0 Å². The van der Waals surface area contributed by atoms with Gasteiger partial charge >= 0.3 is 6.18 Å². The Kier molecular flexibility index (Phi) is 6.28. The fourth-order valence-corrected chi connectivity index (χ4v) is 5.32. The van der Waals surface area contributed by atoms with Crippen LogP contribution in [0.15, 0.2) is 59.5 Å². The summed E-state index contributed by atoms with van der Waals surface area (Å²) in [4.78, 5) is 14.5. The van der Waals surface area contributed by atoms with E-state index in [1.165, 1.54) is 10.4 Å². The summed E-state index contributed by atoms with van der Waals surface area (Å²) in [5, 5.41) is 3.02. The second-order valence-electron chi connectivity index (χ2n) is 8.06. The zero-order chi connectivity index (χ0) is 22.9. The quantitative estimate of drug-likeness (QED) is 0.709. The molecule has 2 aromatic rings. The molecule has 1 aliphatic carbocycles. The van der Waals surface area contributed by atoms with E-state index in [-0.39, 0.29) is 43.0 Å².